The molecule has 4 rings (SSSR count). The molecule has 1 atom stereocenters. The summed E-state index contributed by atoms with van der Waals surface area (Å²) in [6.07, 6.45) is -2.33. The number of anilines is 1. The minimum absolute atomic E-state index is 0.00517. The number of carbonyl (C=O) groups excluding carboxylic acids is 1. The van der Waals surface area contributed by atoms with Gasteiger partial charge in [0.05, 0.1) is 34.4 Å². The summed E-state index contributed by atoms with van der Waals surface area (Å²) in [4.78, 5) is 28.7. The van der Waals surface area contributed by atoms with Crippen LogP contribution in [0.15, 0.2) is 12.4 Å². The number of rotatable bonds is 2. The smallest absolute Gasteiger partial charge is 0.340 e. The first kappa shape index (κ1) is 19.9. The zero-order valence-electron chi connectivity index (χ0n) is 15.9. The summed E-state index contributed by atoms with van der Waals surface area (Å²) in [7, 11) is 0. The molecule has 0 aliphatic carbocycles. The highest BCUT2D eigenvalue weighted by Crippen LogP contribution is 2.33. The quantitative estimate of drug-likeness (QED) is 0.736. The second kappa shape index (κ2) is 7.12. The van der Waals surface area contributed by atoms with E-state index in [0.29, 0.717) is 37.6 Å². The predicted molar refractivity (Wildman–Crippen MR) is 100 cm³/mol. The Balaban J connectivity index is 1.43. The minimum Gasteiger partial charge on any atom is -0.340 e. The molecule has 29 heavy (non-hydrogen) atoms. The first-order valence-corrected chi connectivity index (χ1v) is 9.60. The van der Waals surface area contributed by atoms with Gasteiger partial charge < -0.3 is 9.80 Å². The molecule has 0 radical (unpaired) electrons. The molecule has 6 nitrogen and oxygen atoms in total. The Morgan fingerprint density at radius 3 is 2.55 bits per heavy atom. The molecule has 0 N–H and O–H groups in total. The lowest BCUT2D eigenvalue weighted by Gasteiger charge is -2.20. The molecule has 2 aliphatic rings. The van der Waals surface area contributed by atoms with Gasteiger partial charge in [-0.2, -0.15) is 13.2 Å². The fourth-order valence-corrected chi connectivity index (χ4v) is 4.05. The molecule has 10 heteroatoms. The molecule has 2 aliphatic heterocycles. The molecule has 0 bridgehead atoms. The summed E-state index contributed by atoms with van der Waals surface area (Å²) >= 11 is 6.29. The van der Waals surface area contributed by atoms with Gasteiger partial charge in [0.1, 0.15) is 0 Å². The van der Waals surface area contributed by atoms with Crippen molar-refractivity contribution in [2.24, 2.45) is 5.92 Å². The summed E-state index contributed by atoms with van der Waals surface area (Å²) in [5, 5.41) is 0.629. The van der Waals surface area contributed by atoms with Crippen LogP contribution in [-0.4, -0.2) is 38.8 Å². The Morgan fingerprint density at radius 2 is 1.90 bits per heavy atom. The molecular formula is C19H19ClF3N5O. The number of halogens is 4. The minimum atomic E-state index is -4.47. The third-order valence-corrected chi connectivity index (χ3v) is 6.09. The van der Waals surface area contributed by atoms with Crippen LogP contribution in [0.2, 0.25) is 5.02 Å². The molecule has 1 amide bonds. The third kappa shape index (κ3) is 3.63. The van der Waals surface area contributed by atoms with Gasteiger partial charge in [0.2, 0.25) is 11.9 Å². The summed E-state index contributed by atoms with van der Waals surface area (Å²) in [5.41, 5.74) is 2.69. The molecule has 0 saturated carbocycles. The van der Waals surface area contributed by atoms with Crippen LogP contribution in [0.1, 0.15) is 34.5 Å². The monoisotopic (exact) mass is 425 g/mol. The van der Waals surface area contributed by atoms with E-state index in [9.17, 15) is 18.0 Å². The number of nitrogens with zero attached hydrogens (tertiary/aromatic N) is 5. The lowest BCUT2D eigenvalue weighted by molar-refractivity contribution is -0.138. The van der Waals surface area contributed by atoms with Crippen LogP contribution in [0.4, 0.5) is 19.1 Å². The average molecular weight is 426 g/mol. The molecule has 2 aromatic rings. The van der Waals surface area contributed by atoms with Crippen LogP contribution < -0.4 is 4.90 Å². The van der Waals surface area contributed by atoms with Crippen LogP contribution in [0.3, 0.4) is 0 Å². The Kier molecular flexibility index (Phi) is 4.88. The van der Waals surface area contributed by atoms with Crippen LogP contribution in [0.25, 0.3) is 0 Å². The fraction of sp³-hybridized carbons (Fsp3) is 0.474. The van der Waals surface area contributed by atoms with E-state index in [0.717, 1.165) is 34.9 Å². The number of pyridine rings is 1. The highest BCUT2D eigenvalue weighted by atomic mass is 35.5. The van der Waals surface area contributed by atoms with Crippen molar-refractivity contribution in [3.05, 3.63) is 45.5 Å². The van der Waals surface area contributed by atoms with Crippen LogP contribution in [0.5, 0.6) is 0 Å². The van der Waals surface area contributed by atoms with E-state index < -0.39 is 11.7 Å². The van der Waals surface area contributed by atoms with Gasteiger partial charge in [0, 0.05) is 32.0 Å². The standard InChI is InChI=1S/C19H19ClF3N5O/c1-10-14-8-28(9-15(14)26-11(2)16(10)20)17(29)12-3-4-27(7-12)18-24-5-13(6-25-18)19(21,22)23/h5-6,12H,3-4,7-9H2,1-2H3. The van der Waals surface area contributed by atoms with Crippen LogP contribution in [-0.2, 0) is 24.1 Å². The van der Waals surface area contributed by atoms with Crippen molar-refractivity contribution in [1.29, 1.82) is 0 Å². The van der Waals surface area contributed by atoms with Gasteiger partial charge >= 0.3 is 6.18 Å². The van der Waals surface area contributed by atoms with E-state index in [1.807, 2.05) is 13.8 Å². The first-order chi connectivity index (χ1) is 13.6. The SMILES string of the molecule is Cc1nc2c(c(C)c1Cl)CN(C(=O)C1CCN(c3ncc(C(F)(F)F)cn3)C1)C2. The van der Waals surface area contributed by atoms with E-state index in [4.69, 9.17) is 11.6 Å². The van der Waals surface area contributed by atoms with Crippen LogP contribution in [0, 0.1) is 19.8 Å². The average Bonchev–Trinajstić information content (AvgIpc) is 3.33. The second-order valence-corrected chi connectivity index (χ2v) is 7.83. The maximum atomic E-state index is 13.0. The van der Waals surface area contributed by atoms with Gasteiger partial charge in [0.15, 0.2) is 0 Å². The molecule has 1 unspecified atom stereocenters. The second-order valence-electron chi connectivity index (χ2n) is 7.46. The van der Waals surface area contributed by atoms with Gasteiger partial charge in [-0.05, 0) is 31.4 Å². The van der Waals surface area contributed by atoms with Crippen molar-refractivity contribution in [2.75, 3.05) is 18.0 Å². The Hall–Kier alpha value is -2.42. The van der Waals surface area contributed by atoms with E-state index in [1.54, 1.807) is 9.80 Å². The Bertz CT molecular complexity index is 964. The molecule has 2 aromatic heterocycles. The molecule has 1 saturated heterocycles. The normalized spacial score (nSPS) is 19.0. The number of aryl methyl sites for hydroxylation is 1. The van der Waals surface area contributed by atoms with Crippen molar-refractivity contribution in [1.82, 2.24) is 19.9 Å². The summed E-state index contributed by atoms with van der Waals surface area (Å²) in [5.74, 6) is -0.0457. The van der Waals surface area contributed by atoms with E-state index in [2.05, 4.69) is 15.0 Å². The number of carbonyl (C=O) groups is 1. The topological polar surface area (TPSA) is 62.2 Å². The number of fused-ring (bicyclic) bond motifs is 1. The van der Waals surface area contributed by atoms with Crippen molar-refractivity contribution in [3.8, 4) is 0 Å². The molecular weight excluding hydrogens is 407 g/mol. The number of amides is 1. The van der Waals surface area contributed by atoms with Crippen molar-refractivity contribution in [3.63, 3.8) is 0 Å². The summed E-state index contributed by atoms with van der Waals surface area (Å²) < 4.78 is 38.0. The predicted octanol–water partition coefficient (Wildman–Crippen LogP) is 3.53. The Morgan fingerprint density at radius 1 is 1.21 bits per heavy atom. The fourth-order valence-electron chi connectivity index (χ4n) is 3.90. The van der Waals surface area contributed by atoms with Gasteiger partial charge in [-0.25, -0.2) is 9.97 Å². The lowest BCUT2D eigenvalue weighted by Crippen LogP contribution is -2.34. The zero-order valence-corrected chi connectivity index (χ0v) is 16.7. The molecule has 0 spiro atoms. The molecule has 154 valence electrons. The van der Waals surface area contributed by atoms with E-state index in [1.165, 1.54) is 0 Å². The summed E-state index contributed by atoms with van der Waals surface area (Å²) in [6, 6.07) is 0. The maximum absolute atomic E-state index is 13.0. The Labute approximate surface area is 170 Å². The highest BCUT2D eigenvalue weighted by molar-refractivity contribution is 6.32. The lowest BCUT2D eigenvalue weighted by atomic mass is 10.1. The van der Waals surface area contributed by atoms with Crippen molar-refractivity contribution < 1.29 is 18.0 Å². The van der Waals surface area contributed by atoms with Gasteiger partial charge in [-0.1, -0.05) is 11.6 Å². The number of aromatic nitrogens is 3. The molecule has 0 aromatic carbocycles. The number of alkyl halides is 3. The van der Waals surface area contributed by atoms with Gasteiger partial charge in [0.25, 0.3) is 0 Å². The van der Waals surface area contributed by atoms with Gasteiger partial charge in [-0.15, -0.1) is 0 Å². The van der Waals surface area contributed by atoms with Gasteiger partial charge in [-0.3, -0.25) is 9.78 Å². The van der Waals surface area contributed by atoms with Crippen molar-refractivity contribution in [2.45, 2.75) is 39.5 Å². The molecule has 4 heterocycles. The van der Waals surface area contributed by atoms with E-state index in [-0.39, 0.29) is 17.8 Å². The van der Waals surface area contributed by atoms with E-state index >= 15 is 0 Å². The zero-order chi connectivity index (χ0) is 20.9. The maximum Gasteiger partial charge on any atom is 0.419 e. The largest absolute Gasteiger partial charge is 0.419 e. The third-order valence-electron chi connectivity index (χ3n) is 5.54. The number of hydrogen-bond acceptors (Lipinski definition) is 5. The molecule has 1 fully saturated rings. The first-order valence-electron chi connectivity index (χ1n) is 9.22. The summed E-state index contributed by atoms with van der Waals surface area (Å²) in [6.45, 7) is 5.59. The van der Waals surface area contributed by atoms with Crippen molar-refractivity contribution >= 4 is 23.5 Å². The van der Waals surface area contributed by atoms with Crippen LogP contribution >= 0.6 is 11.6 Å². The number of hydrogen-bond donors (Lipinski definition) is 0. The highest BCUT2D eigenvalue weighted by Gasteiger charge is 2.36.